The summed E-state index contributed by atoms with van der Waals surface area (Å²) in [4.78, 5) is 13.1. The summed E-state index contributed by atoms with van der Waals surface area (Å²) in [6, 6.07) is 15.0. The van der Waals surface area contributed by atoms with E-state index in [0.717, 1.165) is 27.1 Å². The van der Waals surface area contributed by atoms with Gasteiger partial charge < -0.3 is 10.1 Å². The Bertz CT molecular complexity index is 626. The van der Waals surface area contributed by atoms with Crippen molar-refractivity contribution in [1.29, 1.82) is 0 Å². The summed E-state index contributed by atoms with van der Waals surface area (Å²) in [6.45, 7) is 3.96. The zero-order chi connectivity index (χ0) is 16.7. The van der Waals surface area contributed by atoms with E-state index in [2.05, 4.69) is 5.32 Å². The van der Waals surface area contributed by atoms with Crippen LogP contribution in [0.3, 0.4) is 0 Å². The third-order valence-electron chi connectivity index (χ3n) is 2.92. The number of nitrogens with one attached hydrogen (secondary N) is 1. The van der Waals surface area contributed by atoms with Crippen LogP contribution in [0.1, 0.15) is 20.3 Å². The van der Waals surface area contributed by atoms with Crippen molar-refractivity contribution in [3.05, 3.63) is 53.6 Å². The lowest BCUT2D eigenvalue weighted by Gasteiger charge is -2.10. The molecular weight excluding hydrogens is 330 g/mol. The van der Waals surface area contributed by atoms with Crippen LogP contribution in [0.2, 0.25) is 5.02 Å². The van der Waals surface area contributed by atoms with Crippen molar-refractivity contribution in [1.82, 2.24) is 0 Å². The van der Waals surface area contributed by atoms with E-state index in [1.807, 2.05) is 62.4 Å². The van der Waals surface area contributed by atoms with Gasteiger partial charge in [0, 0.05) is 27.8 Å². The van der Waals surface area contributed by atoms with E-state index in [1.54, 1.807) is 11.8 Å². The highest BCUT2D eigenvalue weighted by molar-refractivity contribution is 7.99. The van der Waals surface area contributed by atoms with E-state index in [1.165, 1.54) is 0 Å². The smallest absolute Gasteiger partial charge is 0.225 e. The highest BCUT2D eigenvalue weighted by Gasteiger charge is 2.04. The maximum absolute atomic E-state index is 11.9. The first kappa shape index (κ1) is 17.7. The number of ether oxygens (including phenoxy) is 1. The van der Waals surface area contributed by atoms with Crippen molar-refractivity contribution in [2.24, 2.45) is 0 Å². The predicted molar refractivity (Wildman–Crippen MR) is 97.6 cm³/mol. The predicted octanol–water partition coefficient (Wildman–Crippen LogP) is 5.25. The fourth-order valence-electron chi connectivity index (χ4n) is 1.90. The van der Waals surface area contributed by atoms with Gasteiger partial charge >= 0.3 is 0 Å². The lowest BCUT2D eigenvalue weighted by atomic mass is 10.3. The molecule has 0 aliphatic rings. The number of carbonyl (C=O) groups is 1. The number of rotatable bonds is 7. The van der Waals surface area contributed by atoms with Crippen LogP contribution in [0.15, 0.2) is 53.4 Å². The van der Waals surface area contributed by atoms with Crippen LogP contribution < -0.4 is 10.1 Å². The van der Waals surface area contributed by atoms with Crippen molar-refractivity contribution < 1.29 is 9.53 Å². The number of hydrogen-bond acceptors (Lipinski definition) is 3. The molecule has 0 saturated heterocycles. The molecule has 0 atom stereocenters. The van der Waals surface area contributed by atoms with Crippen molar-refractivity contribution in [2.45, 2.75) is 31.3 Å². The molecule has 0 saturated carbocycles. The molecule has 3 nitrogen and oxygen atoms in total. The summed E-state index contributed by atoms with van der Waals surface area (Å²) < 4.78 is 5.57. The normalized spacial score (nSPS) is 10.6. The van der Waals surface area contributed by atoms with Crippen LogP contribution in [-0.4, -0.2) is 17.8 Å². The van der Waals surface area contributed by atoms with Crippen molar-refractivity contribution in [3.63, 3.8) is 0 Å². The summed E-state index contributed by atoms with van der Waals surface area (Å²) in [6.07, 6.45) is 0.595. The molecule has 2 aromatic carbocycles. The maximum atomic E-state index is 11.9. The van der Waals surface area contributed by atoms with Gasteiger partial charge in [0.2, 0.25) is 5.91 Å². The maximum Gasteiger partial charge on any atom is 0.225 e. The van der Waals surface area contributed by atoms with Crippen molar-refractivity contribution >= 4 is 35.0 Å². The molecule has 23 heavy (non-hydrogen) atoms. The second-order valence-electron chi connectivity index (χ2n) is 5.29. The van der Waals surface area contributed by atoms with E-state index < -0.39 is 0 Å². The number of benzene rings is 2. The second kappa shape index (κ2) is 8.85. The van der Waals surface area contributed by atoms with Gasteiger partial charge in [-0.25, -0.2) is 0 Å². The number of carbonyl (C=O) groups excluding carboxylic acids is 1. The first-order valence-corrected chi connectivity index (χ1v) is 8.84. The van der Waals surface area contributed by atoms with E-state index in [4.69, 9.17) is 16.3 Å². The quantitative estimate of drug-likeness (QED) is 0.694. The summed E-state index contributed by atoms with van der Waals surface area (Å²) in [5, 5.41) is 3.61. The van der Waals surface area contributed by atoms with E-state index >= 15 is 0 Å². The molecule has 1 amide bonds. The fraction of sp³-hybridized carbons (Fsp3) is 0.278. The van der Waals surface area contributed by atoms with Crippen LogP contribution in [-0.2, 0) is 4.79 Å². The molecule has 0 aliphatic carbocycles. The number of amides is 1. The van der Waals surface area contributed by atoms with Gasteiger partial charge in [-0.05, 0) is 62.4 Å². The Morgan fingerprint density at radius 2 is 1.78 bits per heavy atom. The second-order valence-corrected chi connectivity index (χ2v) is 6.90. The van der Waals surface area contributed by atoms with Gasteiger partial charge in [-0.3, -0.25) is 4.79 Å². The number of thioether (sulfide) groups is 1. The van der Waals surface area contributed by atoms with Gasteiger partial charge in [-0.1, -0.05) is 11.6 Å². The van der Waals surface area contributed by atoms with Gasteiger partial charge in [-0.2, -0.15) is 0 Å². The average Bonchev–Trinajstić information content (AvgIpc) is 2.51. The molecule has 0 heterocycles. The number of anilines is 1. The Morgan fingerprint density at radius 3 is 2.39 bits per heavy atom. The monoisotopic (exact) mass is 349 g/mol. The van der Waals surface area contributed by atoms with E-state index in [-0.39, 0.29) is 12.0 Å². The third kappa shape index (κ3) is 6.55. The largest absolute Gasteiger partial charge is 0.491 e. The number of hydrogen-bond donors (Lipinski definition) is 1. The standard InChI is InChI=1S/C18H20ClNO2S/c1-13(2)22-16-7-5-15(6-8-16)20-18(21)11-12-23-17-9-3-14(19)4-10-17/h3-10,13H,11-12H2,1-2H3,(H,20,21). The first-order valence-electron chi connectivity index (χ1n) is 7.48. The highest BCUT2D eigenvalue weighted by atomic mass is 35.5. The summed E-state index contributed by atoms with van der Waals surface area (Å²) in [5.41, 5.74) is 0.780. The molecule has 0 fully saturated rings. The highest BCUT2D eigenvalue weighted by Crippen LogP contribution is 2.21. The van der Waals surface area contributed by atoms with Crippen LogP contribution in [0.25, 0.3) is 0 Å². The van der Waals surface area contributed by atoms with Gasteiger partial charge in [-0.15, -0.1) is 11.8 Å². The van der Waals surface area contributed by atoms with E-state index in [0.29, 0.717) is 6.42 Å². The van der Waals surface area contributed by atoms with Crippen molar-refractivity contribution in [2.75, 3.05) is 11.1 Å². The Balaban J connectivity index is 1.75. The zero-order valence-electron chi connectivity index (χ0n) is 13.2. The first-order chi connectivity index (χ1) is 11.0. The van der Waals surface area contributed by atoms with Crippen LogP contribution in [0.5, 0.6) is 5.75 Å². The molecule has 0 aliphatic heterocycles. The average molecular weight is 350 g/mol. The molecule has 1 N–H and O–H groups in total. The Morgan fingerprint density at radius 1 is 1.13 bits per heavy atom. The molecule has 0 radical (unpaired) electrons. The molecule has 0 spiro atoms. The molecule has 0 aromatic heterocycles. The van der Waals surface area contributed by atoms with Gasteiger partial charge in [0.05, 0.1) is 6.10 Å². The SMILES string of the molecule is CC(C)Oc1ccc(NC(=O)CCSc2ccc(Cl)cc2)cc1. The van der Waals surface area contributed by atoms with Crippen LogP contribution in [0.4, 0.5) is 5.69 Å². The molecular formula is C18H20ClNO2S. The van der Waals surface area contributed by atoms with Gasteiger partial charge in [0.25, 0.3) is 0 Å². The van der Waals surface area contributed by atoms with Crippen LogP contribution in [0, 0.1) is 0 Å². The molecule has 2 rings (SSSR count). The minimum atomic E-state index is 0.00370. The summed E-state index contributed by atoms with van der Waals surface area (Å²) in [7, 11) is 0. The lowest BCUT2D eigenvalue weighted by molar-refractivity contribution is -0.115. The van der Waals surface area contributed by atoms with Crippen molar-refractivity contribution in [3.8, 4) is 5.75 Å². The molecule has 0 bridgehead atoms. The fourth-order valence-corrected chi connectivity index (χ4v) is 2.88. The van der Waals surface area contributed by atoms with Gasteiger partial charge in [0.15, 0.2) is 0 Å². The minimum absolute atomic E-state index is 0.00370. The molecule has 122 valence electrons. The third-order valence-corrected chi connectivity index (χ3v) is 4.19. The Labute approximate surface area is 146 Å². The number of halogens is 1. The Hall–Kier alpha value is -1.65. The minimum Gasteiger partial charge on any atom is -0.491 e. The lowest BCUT2D eigenvalue weighted by Crippen LogP contribution is -2.12. The molecule has 0 unspecified atom stereocenters. The van der Waals surface area contributed by atoms with Crippen LogP contribution >= 0.6 is 23.4 Å². The van der Waals surface area contributed by atoms with Gasteiger partial charge in [0.1, 0.15) is 5.75 Å². The Kier molecular flexibility index (Phi) is 6.81. The zero-order valence-corrected chi connectivity index (χ0v) is 14.8. The summed E-state index contributed by atoms with van der Waals surface area (Å²) in [5.74, 6) is 1.53. The van der Waals surface area contributed by atoms with E-state index in [9.17, 15) is 4.79 Å². The molecule has 2 aromatic rings. The topological polar surface area (TPSA) is 38.3 Å². The molecule has 5 heteroatoms. The summed E-state index contributed by atoms with van der Waals surface area (Å²) >= 11 is 7.48.